The maximum absolute atomic E-state index is 12.4. The molecule has 3 aromatic rings. The minimum absolute atomic E-state index is 0.158. The molecule has 2 aromatic carbocycles. The smallest absolute Gasteiger partial charge is 0.273 e. The molecular formula is C18H14ClN3O3S2. The van der Waals surface area contributed by atoms with Crippen LogP contribution in [0.15, 0.2) is 75.4 Å². The van der Waals surface area contributed by atoms with Crippen molar-refractivity contribution >= 4 is 50.8 Å². The summed E-state index contributed by atoms with van der Waals surface area (Å²) in [6, 6.07) is 16.4. The average Bonchev–Trinajstić information content (AvgIpc) is 3.19. The largest absolute Gasteiger partial charge is 0.278 e. The number of sulfonamides is 1. The lowest BCUT2D eigenvalue weighted by molar-refractivity contribution is 0.0956. The van der Waals surface area contributed by atoms with Gasteiger partial charge in [0, 0.05) is 5.02 Å². The molecule has 0 spiro atoms. The standard InChI is InChI=1S/C18H14ClN3O3S2/c19-14-9-7-13(8-10-14)12-20-21-18(23)15-4-1-2-5-16(15)22-27(24,25)17-6-3-11-26-17/h1-12,22H,(H,21,23). The second-order valence-corrected chi connectivity index (χ2v) is 8.63. The van der Waals surface area contributed by atoms with Gasteiger partial charge in [0.15, 0.2) is 0 Å². The van der Waals surface area contributed by atoms with Gasteiger partial charge in [-0.2, -0.15) is 5.10 Å². The first-order valence-corrected chi connectivity index (χ1v) is 10.4. The Morgan fingerprint density at radius 2 is 1.78 bits per heavy atom. The number of benzene rings is 2. The second-order valence-electron chi connectivity index (χ2n) is 5.33. The highest BCUT2D eigenvalue weighted by atomic mass is 35.5. The molecule has 0 atom stereocenters. The van der Waals surface area contributed by atoms with Crippen molar-refractivity contribution in [2.45, 2.75) is 4.21 Å². The van der Waals surface area contributed by atoms with Crippen LogP contribution < -0.4 is 10.1 Å². The first kappa shape index (κ1) is 19.1. The van der Waals surface area contributed by atoms with Crippen molar-refractivity contribution < 1.29 is 13.2 Å². The van der Waals surface area contributed by atoms with E-state index >= 15 is 0 Å². The lowest BCUT2D eigenvalue weighted by Crippen LogP contribution is -2.21. The summed E-state index contributed by atoms with van der Waals surface area (Å²) in [5, 5.41) is 6.16. The van der Waals surface area contributed by atoms with Crippen LogP contribution in [0.5, 0.6) is 0 Å². The molecule has 1 heterocycles. The van der Waals surface area contributed by atoms with E-state index in [0.717, 1.165) is 16.9 Å². The summed E-state index contributed by atoms with van der Waals surface area (Å²) in [6.07, 6.45) is 1.46. The number of carbonyl (C=O) groups excluding carboxylic acids is 1. The molecule has 2 N–H and O–H groups in total. The molecule has 1 amide bonds. The number of thiophene rings is 1. The number of para-hydroxylation sites is 1. The average molecular weight is 420 g/mol. The Morgan fingerprint density at radius 1 is 1.04 bits per heavy atom. The molecule has 0 fully saturated rings. The van der Waals surface area contributed by atoms with Crippen molar-refractivity contribution in [1.82, 2.24) is 5.43 Å². The molecule has 3 rings (SSSR count). The Labute approximate surface area is 165 Å². The highest BCUT2D eigenvalue weighted by Crippen LogP contribution is 2.22. The van der Waals surface area contributed by atoms with Crippen molar-refractivity contribution in [2.75, 3.05) is 4.72 Å². The Morgan fingerprint density at radius 3 is 2.48 bits per heavy atom. The van der Waals surface area contributed by atoms with Crippen LogP contribution in [0.3, 0.4) is 0 Å². The van der Waals surface area contributed by atoms with Gasteiger partial charge in [-0.25, -0.2) is 13.8 Å². The van der Waals surface area contributed by atoms with Gasteiger partial charge in [0.05, 0.1) is 17.5 Å². The number of anilines is 1. The summed E-state index contributed by atoms with van der Waals surface area (Å²) < 4.78 is 27.4. The van der Waals surface area contributed by atoms with Crippen LogP contribution in [0.1, 0.15) is 15.9 Å². The van der Waals surface area contributed by atoms with Crippen molar-refractivity contribution in [3.63, 3.8) is 0 Å². The molecule has 0 bridgehead atoms. The number of nitrogens with zero attached hydrogens (tertiary/aromatic N) is 1. The van der Waals surface area contributed by atoms with Gasteiger partial charge in [-0.05, 0) is 41.3 Å². The normalized spacial score (nSPS) is 11.4. The zero-order chi connectivity index (χ0) is 19.3. The van der Waals surface area contributed by atoms with E-state index in [-0.39, 0.29) is 15.5 Å². The van der Waals surface area contributed by atoms with Gasteiger partial charge >= 0.3 is 0 Å². The van der Waals surface area contributed by atoms with Gasteiger partial charge in [0.2, 0.25) is 0 Å². The van der Waals surface area contributed by atoms with E-state index in [1.807, 2.05) is 0 Å². The zero-order valence-electron chi connectivity index (χ0n) is 13.8. The number of hydrogen-bond acceptors (Lipinski definition) is 5. The van der Waals surface area contributed by atoms with E-state index in [0.29, 0.717) is 5.02 Å². The maximum atomic E-state index is 12.4. The number of nitrogens with one attached hydrogen (secondary N) is 2. The van der Waals surface area contributed by atoms with Crippen LogP contribution in [0, 0.1) is 0 Å². The van der Waals surface area contributed by atoms with E-state index in [1.165, 1.54) is 24.4 Å². The van der Waals surface area contributed by atoms with Gasteiger partial charge in [0.1, 0.15) is 4.21 Å². The van der Waals surface area contributed by atoms with Gasteiger partial charge in [-0.1, -0.05) is 41.9 Å². The molecule has 0 saturated heterocycles. The quantitative estimate of drug-likeness (QED) is 0.468. The fourth-order valence-corrected chi connectivity index (χ4v) is 4.35. The summed E-state index contributed by atoms with van der Waals surface area (Å²) >= 11 is 6.91. The first-order valence-electron chi connectivity index (χ1n) is 7.70. The number of rotatable bonds is 6. The van der Waals surface area contributed by atoms with Crippen LogP contribution in [0.25, 0.3) is 0 Å². The van der Waals surface area contributed by atoms with Crippen molar-refractivity contribution in [3.05, 3.63) is 82.2 Å². The maximum Gasteiger partial charge on any atom is 0.273 e. The highest BCUT2D eigenvalue weighted by molar-refractivity contribution is 7.94. The summed E-state index contributed by atoms with van der Waals surface area (Å²) in [5.41, 5.74) is 3.47. The fourth-order valence-electron chi connectivity index (χ4n) is 2.16. The number of amides is 1. The van der Waals surface area contributed by atoms with E-state index in [2.05, 4.69) is 15.2 Å². The third kappa shape index (κ3) is 4.94. The lowest BCUT2D eigenvalue weighted by Gasteiger charge is -2.10. The molecule has 1 aromatic heterocycles. The molecule has 0 aliphatic heterocycles. The first-order chi connectivity index (χ1) is 13.0. The van der Waals surface area contributed by atoms with E-state index < -0.39 is 15.9 Å². The molecule has 0 aliphatic carbocycles. The Kier molecular flexibility index (Phi) is 5.90. The number of halogens is 1. The van der Waals surface area contributed by atoms with Crippen molar-refractivity contribution in [3.8, 4) is 0 Å². The van der Waals surface area contributed by atoms with E-state index in [4.69, 9.17) is 11.6 Å². The van der Waals surface area contributed by atoms with E-state index in [9.17, 15) is 13.2 Å². The van der Waals surface area contributed by atoms with E-state index in [1.54, 1.807) is 47.8 Å². The summed E-state index contributed by atoms with van der Waals surface area (Å²) in [7, 11) is -3.76. The second kappa shape index (κ2) is 8.34. The minimum Gasteiger partial charge on any atom is -0.278 e. The Hall–Kier alpha value is -2.68. The summed E-state index contributed by atoms with van der Waals surface area (Å²) in [6.45, 7) is 0. The van der Waals surface area contributed by atoms with Crippen LogP contribution >= 0.6 is 22.9 Å². The van der Waals surface area contributed by atoms with Crippen molar-refractivity contribution in [2.24, 2.45) is 5.10 Å². The molecule has 0 radical (unpaired) electrons. The van der Waals surface area contributed by atoms with Crippen molar-refractivity contribution in [1.29, 1.82) is 0 Å². The molecule has 6 nitrogen and oxygen atoms in total. The van der Waals surface area contributed by atoms with Crippen LogP contribution in [0.2, 0.25) is 5.02 Å². The molecule has 0 saturated carbocycles. The summed E-state index contributed by atoms with van der Waals surface area (Å²) in [4.78, 5) is 12.4. The third-order valence-electron chi connectivity index (χ3n) is 3.43. The molecule has 138 valence electrons. The Balaban J connectivity index is 1.75. The van der Waals surface area contributed by atoms with Gasteiger partial charge in [0.25, 0.3) is 15.9 Å². The molecular weight excluding hydrogens is 406 g/mol. The molecule has 0 aliphatic rings. The summed E-state index contributed by atoms with van der Waals surface area (Å²) in [5.74, 6) is -0.537. The van der Waals surface area contributed by atoms with Gasteiger partial charge < -0.3 is 0 Å². The topological polar surface area (TPSA) is 87.6 Å². The molecule has 0 unspecified atom stereocenters. The highest BCUT2D eigenvalue weighted by Gasteiger charge is 2.19. The fraction of sp³-hybridized carbons (Fsp3) is 0. The minimum atomic E-state index is -3.76. The molecule has 27 heavy (non-hydrogen) atoms. The molecule has 9 heteroatoms. The SMILES string of the molecule is O=C(NN=Cc1ccc(Cl)cc1)c1ccccc1NS(=O)(=O)c1cccs1. The van der Waals surface area contributed by atoms with Crippen LogP contribution in [-0.4, -0.2) is 20.5 Å². The number of hydrazone groups is 1. The third-order valence-corrected chi connectivity index (χ3v) is 6.44. The van der Waals surface area contributed by atoms with Gasteiger partial charge in [-0.3, -0.25) is 9.52 Å². The monoisotopic (exact) mass is 419 g/mol. The zero-order valence-corrected chi connectivity index (χ0v) is 16.2. The van der Waals surface area contributed by atoms with Crippen LogP contribution in [-0.2, 0) is 10.0 Å². The predicted octanol–water partition coefficient (Wildman–Crippen LogP) is 3.97. The lowest BCUT2D eigenvalue weighted by atomic mass is 10.2. The Bertz CT molecular complexity index is 1060. The number of carbonyl (C=O) groups is 1. The number of hydrogen-bond donors (Lipinski definition) is 2. The van der Waals surface area contributed by atoms with Crippen LogP contribution in [0.4, 0.5) is 5.69 Å². The van der Waals surface area contributed by atoms with Gasteiger partial charge in [-0.15, -0.1) is 11.3 Å². The predicted molar refractivity (Wildman–Crippen MR) is 108 cm³/mol.